The van der Waals surface area contributed by atoms with Crippen molar-refractivity contribution in [1.82, 2.24) is 10.3 Å². The first-order valence-electron chi connectivity index (χ1n) is 6.99. The molecular weight excluding hydrogens is 258 g/mol. The van der Waals surface area contributed by atoms with Gasteiger partial charge in [0.15, 0.2) is 5.13 Å². The van der Waals surface area contributed by atoms with Crippen molar-refractivity contribution < 1.29 is 4.79 Å². The van der Waals surface area contributed by atoms with Crippen LogP contribution in [-0.4, -0.2) is 16.9 Å². The van der Waals surface area contributed by atoms with Crippen LogP contribution in [0.1, 0.15) is 50.5 Å². The van der Waals surface area contributed by atoms with Crippen LogP contribution in [0.3, 0.4) is 0 Å². The molecule has 1 fully saturated rings. The fraction of sp³-hybridized carbons (Fsp3) is 0.714. The third-order valence-electron chi connectivity index (χ3n) is 4.09. The van der Waals surface area contributed by atoms with Crippen LogP contribution in [-0.2, 0) is 0 Å². The summed E-state index contributed by atoms with van der Waals surface area (Å²) in [6, 6.07) is 0.263. The van der Waals surface area contributed by atoms with Crippen molar-refractivity contribution in [2.75, 3.05) is 5.73 Å². The van der Waals surface area contributed by atoms with Gasteiger partial charge in [0, 0.05) is 11.4 Å². The maximum Gasteiger partial charge on any atom is 0.271 e. The number of nitrogens with one attached hydrogen (secondary N) is 1. The topological polar surface area (TPSA) is 68.0 Å². The molecule has 106 valence electrons. The molecule has 0 bridgehead atoms. The van der Waals surface area contributed by atoms with Gasteiger partial charge in [-0.25, -0.2) is 4.98 Å². The summed E-state index contributed by atoms with van der Waals surface area (Å²) >= 11 is 1.31. The number of aromatic nitrogens is 1. The summed E-state index contributed by atoms with van der Waals surface area (Å²) in [5, 5.41) is 5.33. The fourth-order valence-electron chi connectivity index (χ4n) is 3.00. The van der Waals surface area contributed by atoms with E-state index in [-0.39, 0.29) is 11.9 Å². The van der Waals surface area contributed by atoms with Crippen LogP contribution in [0.15, 0.2) is 5.38 Å². The molecule has 0 aliphatic heterocycles. The number of nitrogens with two attached hydrogens (primary N) is 1. The fourth-order valence-corrected chi connectivity index (χ4v) is 3.55. The molecule has 1 amide bonds. The van der Waals surface area contributed by atoms with Crippen molar-refractivity contribution in [2.45, 2.75) is 46.1 Å². The van der Waals surface area contributed by atoms with Gasteiger partial charge in [-0.05, 0) is 30.6 Å². The first kappa shape index (κ1) is 14.3. The Balaban J connectivity index is 2.04. The van der Waals surface area contributed by atoms with Crippen molar-refractivity contribution in [1.29, 1.82) is 0 Å². The predicted octanol–water partition coefficient (Wildman–Crippen LogP) is 2.92. The number of carbonyl (C=O) groups excluding carboxylic acids is 1. The Bertz CT molecular complexity index is 444. The minimum atomic E-state index is -0.0855. The molecular formula is C14H23N3OS. The van der Waals surface area contributed by atoms with E-state index in [9.17, 15) is 4.79 Å². The summed E-state index contributed by atoms with van der Waals surface area (Å²) in [7, 11) is 0. The Labute approximate surface area is 118 Å². The smallest absolute Gasteiger partial charge is 0.271 e. The van der Waals surface area contributed by atoms with Crippen molar-refractivity contribution in [3.05, 3.63) is 11.1 Å². The zero-order valence-electron chi connectivity index (χ0n) is 11.8. The van der Waals surface area contributed by atoms with Crippen molar-refractivity contribution >= 4 is 22.4 Å². The van der Waals surface area contributed by atoms with E-state index in [0.29, 0.717) is 28.6 Å². The number of hydrogen-bond acceptors (Lipinski definition) is 4. The Morgan fingerprint density at radius 3 is 2.84 bits per heavy atom. The molecule has 1 saturated carbocycles. The molecule has 2 rings (SSSR count). The molecule has 3 atom stereocenters. The highest BCUT2D eigenvalue weighted by Gasteiger charge is 2.32. The number of amides is 1. The van der Waals surface area contributed by atoms with Crippen LogP contribution in [0.5, 0.6) is 0 Å². The van der Waals surface area contributed by atoms with Crippen LogP contribution >= 0.6 is 11.3 Å². The van der Waals surface area contributed by atoms with Crippen LogP contribution in [0.25, 0.3) is 0 Å². The second-order valence-electron chi connectivity index (χ2n) is 5.98. The second kappa shape index (κ2) is 5.90. The number of rotatable bonds is 3. The molecule has 1 aliphatic rings. The molecule has 0 aromatic carbocycles. The lowest BCUT2D eigenvalue weighted by atomic mass is 9.74. The van der Waals surface area contributed by atoms with E-state index in [1.807, 2.05) is 0 Å². The third kappa shape index (κ3) is 3.47. The Morgan fingerprint density at radius 2 is 2.26 bits per heavy atom. The van der Waals surface area contributed by atoms with Gasteiger partial charge in [-0.1, -0.05) is 27.2 Å². The molecule has 4 nitrogen and oxygen atoms in total. The molecule has 1 aromatic rings. The van der Waals surface area contributed by atoms with Crippen LogP contribution in [0.4, 0.5) is 5.13 Å². The number of thiazole rings is 1. The average Bonchev–Trinajstić information content (AvgIpc) is 2.75. The first-order chi connectivity index (χ1) is 8.97. The van der Waals surface area contributed by atoms with E-state index in [0.717, 1.165) is 6.42 Å². The Kier molecular flexibility index (Phi) is 4.45. The zero-order chi connectivity index (χ0) is 14.0. The summed E-state index contributed by atoms with van der Waals surface area (Å²) in [5.74, 6) is 1.76. The van der Waals surface area contributed by atoms with Gasteiger partial charge in [-0.2, -0.15) is 0 Å². The summed E-state index contributed by atoms with van der Waals surface area (Å²) < 4.78 is 0. The van der Waals surface area contributed by atoms with E-state index in [1.54, 1.807) is 5.38 Å². The van der Waals surface area contributed by atoms with Crippen LogP contribution < -0.4 is 11.1 Å². The number of nitrogen functional groups attached to an aromatic ring is 1. The van der Waals surface area contributed by atoms with E-state index in [2.05, 4.69) is 31.1 Å². The van der Waals surface area contributed by atoms with Gasteiger partial charge in [-0.3, -0.25) is 4.79 Å². The van der Waals surface area contributed by atoms with Gasteiger partial charge in [0.05, 0.1) is 0 Å². The van der Waals surface area contributed by atoms with Crippen LogP contribution in [0, 0.1) is 17.8 Å². The maximum atomic E-state index is 12.2. The normalized spacial score (nSPS) is 27.5. The van der Waals surface area contributed by atoms with Gasteiger partial charge in [-0.15, -0.1) is 11.3 Å². The SMILES string of the molecule is CC1CCC(C(C)C)C(NC(=O)c2csc(N)n2)C1. The number of carbonyl (C=O) groups is 1. The molecule has 3 N–H and O–H groups in total. The molecule has 0 saturated heterocycles. The van der Waals surface area contributed by atoms with Crippen molar-refractivity contribution in [2.24, 2.45) is 17.8 Å². The maximum absolute atomic E-state index is 12.2. The zero-order valence-corrected chi connectivity index (χ0v) is 12.7. The standard InChI is InChI=1S/C14H23N3OS/c1-8(2)10-5-4-9(3)6-11(10)16-13(18)12-7-19-14(15)17-12/h7-11H,4-6H2,1-3H3,(H2,15,17)(H,16,18). The van der Waals surface area contributed by atoms with E-state index in [4.69, 9.17) is 5.73 Å². The summed E-state index contributed by atoms with van der Waals surface area (Å²) in [5.41, 5.74) is 6.02. The highest BCUT2D eigenvalue weighted by molar-refractivity contribution is 7.13. The van der Waals surface area contributed by atoms with Gasteiger partial charge in [0.2, 0.25) is 0 Å². The van der Waals surface area contributed by atoms with Gasteiger partial charge < -0.3 is 11.1 Å². The minimum absolute atomic E-state index is 0.0855. The van der Waals surface area contributed by atoms with Gasteiger partial charge in [0.25, 0.3) is 5.91 Å². The molecule has 0 spiro atoms. The van der Waals surface area contributed by atoms with E-state index >= 15 is 0 Å². The molecule has 3 unspecified atom stereocenters. The highest BCUT2D eigenvalue weighted by atomic mass is 32.1. The monoisotopic (exact) mass is 281 g/mol. The number of nitrogens with zero attached hydrogens (tertiary/aromatic N) is 1. The quantitative estimate of drug-likeness (QED) is 0.895. The van der Waals surface area contributed by atoms with Gasteiger partial charge >= 0.3 is 0 Å². The predicted molar refractivity (Wildman–Crippen MR) is 79.1 cm³/mol. The number of hydrogen-bond donors (Lipinski definition) is 2. The van der Waals surface area contributed by atoms with Crippen LogP contribution in [0.2, 0.25) is 0 Å². The molecule has 0 radical (unpaired) electrons. The number of anilines is 1. The molecule has 19 heavy (non-hydrogen) atoms. The van der Waals surface area contributed by atoms with E-state index in [1.165, 1.54) is 24.2 Å². The molecule has 1 aromatic heterocycles. The molecule has 1 heterocycles. The molecule has 5 heteroatoms. The summed E-state index contributed by atoms with van der Waals surface area (Å²) in [6.45, 7) is 6.73. The Morgan fingerprint density at radius 1 is 1.53 bits per heavy atom. The highest BCUT2D eigenvalue weighted by Crippen LogP contribution is 2.33. The van der Waals surface area contributed by atoms with E-state index < -0.39 is 0 Å². The lowest BCUT2D eigenvalue weighted by molar-refractivity contribution is 0.0863. The third-order valence-corrected chi connectivity index (χ3v) is 4.77. The van der Waals surface area contributed by atoms with Gasteiger partial charge in [0.1, 0.15) is 5.69 Å². The summed E-state index contributed by atoms with van der Waals surface area (Å²) in [4.78, 5) is 16.2. The lowest BCUT2D eigenvalue weighted by Gasteiger charge is -2.37. The van der Waals surface area contributed by atoms with Crippen molar-refractivity contribution in [3.8, 4) is 0 Å². The molecule has 1 aliphatic carbocycles. The first-order valence-corrected chi connectivity index (χ1v) is 7.87. The average molecular weight is 281 g/mol. The Hall–Kier alpha value is -1.10. The summed E-state index contributed by atoms with van der Waals surface area (Å²) in [6.07, 6.45) is 3.52. The van der Waals surface area contributed by atoms with Crippen molar-refractivity contribution in [3.63, 3.8) is 0 Å². The minimum Gasteiger partial charge on any atom is -0.375 e. The lowest BCUT2D eigenvalue weighted by Crippen LogP contribution is -2.45. The second-order valence-corrected chi connectivity index (χ2v) is 6.87. The largest absolute Gasteiger partial charge is 0.375 e.